The molecule has 30 heavy (non-hydrogen) atoms. The van der Waals surface area contributed by atoms with Crippen LogP contribution in [0.2, 0.25) is 0 Å². The van der Waals surface area contributed by atoms with Crippen LogP contribution in [0.3, 0.4) is 0 Å². The van der Waals surface area contributed by atoms with E-state index in [0.717, 1.165) is 5.56 Å². The molecule has 2 aliphatic heterocycles. The van der Waals surface area contributed by atoms with Crippen LogP contribution in [0.5, 0.6) is 0 Å². The second kappa shape index (κ2) is 9.47. The Balaban J connectivity index is 0.000000469. The van der Waals surface area contributed by atoms with Crippen LogP contribution < -0.4 is 16.8 Å². The molecular weight excluding hydrogens is 406 g/mol. The van der Waals surface area contributed by atoms with E-state index >= 15 is 0 Å². The molecule has 3 amide bonds. The first-order valence-corrected chi connectivity index (χ1v) is 10.1. The van der Waals surface area contributed by atoms with Crippen LogP contribution in [-0.4, -0.2) is 58.2 Å². The largest absolute Gasteiger partial charge is 0.396 e. The quantitative estimate of drug-likeness (QED) is 0.310. The van der Waals surface area contributed by atoms with E-state index in [1.165, 1.54) is 0 Å². The fraction of sp³-hybridized carbons (Fsp3) is 0.500. The molecule has 0 aliphatic carbocycles. The summed E-state index contributed by atoms with van der Waals surface area (Å²) in [5.74, 6) is -0.843. The number of nitriles is 1. The monoisotopic (exact) mass is 433 g/mol. The number of nitrogens with two attached hydrogens (primary N) is 2. The summed E-state index contributed by atoms with van der Waals surface area (Å²) in [5, 5.41) is 20.5. The SMILES string of the molecule is CC1(C#N)CC2(CNC2=O)N(C(=O)C(N)CS)C1c1ccccc1.NC(=O)CCO. The van der Waals surface area contributed by atoms with E-state index in [-0.39, 0.29) is 30.6 Å². The van der Waals surface area contributed by atoms with E-state index in [0.29, 0.717) is 13.0 Å². The number of aliphatic hydroxyl groups excluding tert-OH is 1. The third-order valence-electron chi connectivity index (χ3n) is 5.43. The van der Waals surface area contributed by atoms with Gasteiger partial charge in [0, 0.05) is 18.6 Å². The Morgan fingerprint density at radius 3 is 2.43 bits per heavy atom. The van der Waals surface area contributed by atoms with Gasteiger partial charge in [0.1, 0.15) is 5.54 Å². The number of aliphatic hydroxyl groups is 1. The first kappa shape index (κ1) is 23.7. The lowest BCUT2D eigenvalue weighted by Gasteiger charge is -2.46. The van der Waals surface area contributed by atoms with Gasteiger partial charge in [0.05, 0.1) is 36.7 Å². The minimum atomic E-state index is -0.997. The van der Waals surface area contributed by atoms with Crippen molar-refractivity contribution in [1.29, 1.82) is 5.26 Å². The number of carbonyl (C=O) groups is 3. The van der Waals surface area contributed by atoms with Crippen LogP contribution in [0.1, 0.15) is 31.4 Å². The zero-order valence-electron chi connectivity index (χ0n) is 16.7. The van der Waals surface area contributed by atoms with Crippen LogP contribution in [0.25, 0.3) is 0 Å². The van der Waals surface area contributed by atoms with Gasteiger partial charge in [-0.25, -0.2) is 0 Å². The zero-order valence-corrected chi connectivity index (χ0v) is 17.6. The number of hydrogen-bond acceptors (Lipinski definition) is 7. The Bertz CT molecular complexity index is 845. The molecule has 9 nitrogen and oxygen atoms in total. The number of thiol groups is 1. The highest BCUT2D eigenvalue weighted by atomic mass is 32.1. The molecule has 2 heterocycles. The van der Waals surface area contributed by atoms with Crippen LogP contribution in [-0.2, 0) is 14.4 Å². The minimum absolute atomic E-state index is 0.0694. The van der Waals surface area contributed by atoms with Gasteiger partial charge in [-0.05, 0) is 12.5 Å². The average Bonchev–Trinajstić information content (AvgIpc) is 3.04. The summed E-state index contributed by atoms with van der Waals surface area (Å²) in [6.45, 7) is 2.00. The summed E-state index contributed by atoms with van der Waals surface area (Å²) < 4.78 is 0. The van der Waals surface area contributed by atoms with Crippen molar-refractivity contribution in [3.05, 3.63) is 35.9 Å². The smallest absolute Gasteiger partial charge is 0.248 e. The highest BCUT2D eigenvalue weighted by Crippen LogP contribution is 2.56. The molecule has 2 saturated heterocycles. The van der Waals surface area contributed by atoms with Crippen molar-refractivity contribution in [3.8, 4) is 6.07 Å². The predicted molar refractivity (Wildman–Crippen MR) is 113 cm³/mol. The van der Waals surface area contributed by atoms with Crippen LogP contribution in [0.4, 0.5) is 0 Å². The molecule has 10 heteroatoms. The molecule has 3 rings (SSSR count). The number of β-lactam (4-membered cyclic amide) rings is 1. The lowest BCUT2D eigenvalue weighted by Crippen LogP contribution is -2.73. The fourth-order valence-electron chi connectivity index (χ4n) is 3.98. The van der Waals surface area contributed by atoms with Gasteiger partial charge in [-0.3, -0.25) is 14.4 Å². The van der Waals surface area contributed by atoms with Gasteiger partial charge in [0.15, 0.2) is 0 Å². The van der Waals surface area contributed by atoms with E-state index in [9.17, 15) is 19.6 Å². The number of amides is 3. The van der Waals surface area contributed by atoms with Crippen molar-refractivity contribution in [3.63, 3.8) is 0 Å². The molecule has 162 valence electrons. The maximum absolute atomic E-state index is 13.0. The van der Waals surface area contributed by atoms with E-state index in [4.69, 9.17) is 10.8 Å². The van der Waals surface area contributed by atoms with Crippen molar-refractivity contribution in [2.75, 3.05) is 18.9 Å². The minimum Gasteiger partial charge on any atom is -0.396 e. The number of rotatable bonds is 5. The Morgan fingerprint density at radius 2 is 2.07 bits per heavy atom. The molecule has 6 N–H and O–H groups in total. The van der Waals surface area contributed by atoms with Gasteiger partial charge in [0.2, 0.25) is 17.7 Å². The highest BCUT2D eigenvalue weighted by molar-refractivity contribution is 7.80. The van der Waals surface area contributed by atoms with Crippen molar-refractivity contribution < 1.29 is 19.5 Å². The molecule has 1 aromatic carbocycles. The standard InChI is InChI=1S/C17H20N4O2S.C3H7NO2/c1-16(9-18)8-17(10-20-15(17)23)21(14(22)12(19)7-24)13(16)11-5-3-2-4-6-11;4-3(6)1-2-5/h2-6,12-13,24H,7-8,10,19H2,1H3,(H,20,23);5H,1-2H2,(H2,4,6). The number of nitrogens with one attached hydrogen (secondary N) is 1. The number of benzene rings is 1. The molecular formula is C20H27N5O4S. The van der Waals surface area contributed by atoms with Gasteiger partial charge in [-0.1, -0.05) is 30.3 Å². The van der Waals surface area contributed by atoms with Gasteiger partial charge in [0.25, 0.3) is 0 Å². The number of likely N-dealkylation sites (tertiary alicyclic amines) is 1. The Labute approximate surface area is 180 Å². The summed E-state index contributed by atoms with van der Waals surface area (Å²) in [6.07, 6.45) is 0.368. The van der Waals surface area contributed by atoms with Crippen molar-refractivity contribution in [2.45, 2.75) is 37.4 Å². The van der Waals surface area contributed by atoms with E-state index in [2.05, 4.69) is 29.7 Å². The van der Waals surface area contributed by atoms with E-state index in [1.54, 1.807) is 11.8 Å². The number of primary amides is 1. The normalized spacial score (nSPS) is 27.9. The predicted octanol–water partition coefficient (Wildman–Crippen LogP) is -0.530. The topological polar surface area (TPSA) is 163 Å². The molecule has 0 bridgehead atoms. The molecule has 0 aromatic heterocycles. The van der Waals surface area contributed by atoms with Gasteiger partial charge < -0.3 is 26.8 Å². The molecule has 0 radical (unpaired) electrons. The zero-order chi connectivity index (χ0) is 22.5. The van der Waals surface area contributed by atoms with E-state index < -0.39 is 28.9 Å². The Hall–Kier alpha value is -2.61. The van der Waals surface area contributed by atoms with Crippen LogP contribution in [0.15, 0.2) is 30.3 Å². The highest BCUT2D eigenvalue weighted by Gasteiger charge is 2.67. The molecule has 1 spiro atoms. The van der Waals surface area contributed by atoms with Crippen molar-refractivity contribution >= 4 is 30.4 Å². The summed E-state index contributed by atoms with van der Waals surface area (Å²) >= 11 is 4.12. The molecule has 4 atom stereocenters. The molecule has 4 unspecified atom stereocenters. The second-order valence-corrected chi connectivity index (χ2v) is 8.04. The number of hydrogen-bond donors (Lipinski definition) is 5. The van der Waals surface area contributed by atoms with Gasteiger partial charge in [-0.15, -0.1) is 0 Å². The molecule has 2 aliphatic rings. The summed E-state index contributed by atoms with van der Waals surface area (Å²) in [6, 6.07) is 10.4. The fourth-order valence-corrected chi connectivity index (χ4v) is 4.14. The summed E-state index contributed by atoms with van der Waals surface area (Å²) in [5.41, 5.74) is 9.50. The summed E-state index contributed by atoms with van der Waals surface area (Å²) in [7, 11) is 0. The first-order valence-electron chi connectivity index (χ1n) is 9.50. The number of carbonyl (C=O) groups excluding carboxylic acids is 3. The molecule has 2 fully saturated rings. The second-order valence-electron chi connectivity index (χ2n) is 7.67. The maximum Gasteiger partial charge on any atom is 0.248 e. The number of nitrogens with zero attached hydrogens (tertiary/aromatic N) is 2. The lowest BCUT2D eigenvalue weighted by molar-refractivity contribution is -0.154. The van der Waals surface area contributed by atoms with Crippen LogP contribution in [0, 0.1) is 16.7 Å². The third kappa shape index (κ3) is 4.28. The van der Waals surface area contributed by atoms with Crippen molar-refractivity contribution in [1.82, 2.24) is 10.2 Å². The molecule has 1 aromatic rings. The Kier molecular flexibility index (Phi) is 7.47. The summed E-state index contributed by atoms with van der Waals surface area (Å²) in [4.78, 5) is 36.6. The maximum atomic E-state index is 13.0. The lowest BCUT2D eigenvalue weighted by atomic mass is 9.75. The Morgan fingerprint density at radius 1 is 1.43 bits per heavy atom. The molecule has 0 saturated carbocycles. The third-order valence-corrected chi connectivity index (χ3v) is 5.82. The average molecular weight is 434 g/mol. The van der Waals surface area contributed by atoms with Gasteiger partial charge in [-0.2, -0.15) is 17.9 Å². The van der Waals surface area contributed by atoms with E-state index in [1.807, 2.05) is 30.3 Å². The van der Waals surface area contributed by atoms with Crippen molar-refractivity contribution in [2.24, 2.45) is 16.9 Å². The van der Waals surface area contributed by atoms with Crippen LogP contribution >= 0.6 is 12.6 Å². The van der Waals surface area contributed by atoms with Gasteiger partial charge >= 0.3 is 0 Å². The first-order chi connectivity index (χ1) is 14.2.